The molecule has 0 aliphatic carbocycles. The molecule has 0 aliphatic rings. The molecule has 0 amide bonds. The van der Waals surface area contributed by atoms with Crippen LogP contribution in [0.1, 0.15) is 182 Å². The molecule has 0 aromatic rings. The highest BCUT2D eigenvalue weighted by atomic mass is 19.3. The van der Waals surface area contributed by atoms with Crippen LogP contribution in [0.3, 0.4) is 0 Å². The smallest absolute Gasteiger partial charge is 0.377 e. The monoisotopic (exact) mass is 516 g/mol. The fraction of sp³-hybridized carbons (Fsp3) is 0.969. The minimum Gasteiger partial charge on any atom is -0.458 e. The Morgan fingerprint density at radius 3 is 1.42 bits per heavy atom. The van der Waals surface area contributed by atoms with Gasteiger partial charge in [0, 0.05) is 6.42 Å². The van der Waals surface area contributed by atoms with Gasteiger partial charge in [-0.25, -0.2) is 4.79 Å². The van der Waals surface area contributed by atoms with Crippen molar-refractivity contribution in [3.05, 3.63) is 0 Å². The highest BCUT2D eigenvalue weighted by Gasteiger charge is 2.41. The van der Waals surface area contributed by atoms with Gasteiger partial charge in [-0.3, -0.25) is 0 Å². The molecule has 1 atom stereocenters. The number of rotatable bonds is 27. The predicted octanol–water partition coefficient (Wildman–Crippen LogP) is 11.6. The highest BCUT2D eigenvalue weighted by Crippen LogP contribution is 2.27. The Bertz CT molecular complexity index is 469. The molecule has 4 heteroatoms. The van der Waals surface area contributed by atoms with Gasteiger partial charge in [0.25, 0.3) is 0 Å². The van der Waals surface area contributed by atoms with Gasteiger partial charge in [0.1, 0.15) is 6.10 Å². The third kappa shape index (κ3) is 21.4. The largest absolute Gasteiger partial charge is 0.458 e. The van der Waals surface area contributed by atoms with E-state index in [0.29, 0.717) is 19.3 Å². The van der Waals surface area contributed by atoms with Gasteiger partial charge in [0.2, 0.25) is 0 Å². The first-order chi connectivity index (χ1) is 17.4. The van der Waals surface area contributed by atoms with Gasteiger partial charge in [0.05, 0.1) is 0 Å². The van der Waals surface area contributed by atoms with Gasteiger partial charge in [-0.2, -0.15) is 8.78 Å². The van der Waals surface area contributed by atoms with E-state index < -0.39 is 11.9 Å². The summed E-state index contributed by atoms with van der Waals surface area (Å²) in [5.74, 6) is -3.92. The average molecular weight is 517 g/mol. The Labute approximate surface area is 224 Å². The zero-order valence-corrected chi connectivity index (χ0v) is 24.7. The molecule has 0 spiro atoms. The molecule has 0 saturated carbocycles. The van der Waals surface area contributed by atoms with E-state index in [4.69, 9.17) is 4.74 Å². The lowest BCUT2D eigenvalue weighted by molar-refractivity contribution is -0.179. The second-order valence-electron chi connectivity index (χ2n) is 11.4. The molecule has 216 valence electrons. The quantitative estimate of drug-likeness (QED) is 0.0801. The van der Waals surface area contributed by atoms with Crippen molar-refractivity contribution in [1.82, 2.24) is 0 Å². The van der Waals surface area contributed by atoms with E-state index in [0.717, 1.165) is 76.5 Å². The molecule has 0 N–H and O–H groups in total. The fourth-order valence-electron chi connectivity index (χ4n) is 4.99. The molecule has 2 nitrogen and oxygen atoms in total. The van der Waals surface area contributed by atoms with Crippen molar-refractivity contribution in [3.8, 4) is 0 Å². The summed E-state index contributed by atoms with van der Waals surface area (Å²) in [5.41, 5.74) is 0. The van der Waals surface area contributed by atoms with E-state index >= 15 is 0 Å². The van der Waals surface area contributed by atoms with Crippen LogP contribution in [0.25, 0.3) is 0 Å². The number of unbranched alkanes of at least 4 members (excludes halogenated alkanes) is 15. The van der Waals surface area contributed by atoms with Crippen molar-refractivity contribution in [2.45, 2.75) is 194 Å². The van der Waals surface area contributed by atoms with Gasteiger partial charge in [-0.05, 0) is 38.0 Å². The standard InChI is InChI=1S/C32H62F2O2/c1-5-8-11-14-15-16-19-24-29(4)25-20-17-18-23-28-32(33,34)31(35)36-30(26-21-12-9-6-2)27-22-13-10-7-3/h29-30H,5-28H2,1-4H3. The number of alkyl halides is 2. The van der Waals surface area contributed by atoms with Crippen LogP contribution in [0.15, 0.2) is 0 Å². The molecular weight excluding hydrogens is 454 g/mol. The molecule has 0 heterocycles. The van der Waals surface area contributed by atoms with Crippen molar-refractivity contribution >= 4 is 5.97 Å². The molecule has 0 radical (unpaired) electrons. The maximum atomic E-state index is 14.5. The number of halogens is 2. The summed E-state index contributed by atoms with van der Waals surface area (Å²) in [4.78, 5) is 12.3. The van der Waals surface area contributed by atoms with Gasteiger partial charge in [0.15, 0.2) is 0 Å². The number of carbonyl (C=O) groups is 1. The first kappa shape index (κ1) is 35.3. The molecule has 0 aromatic carbocycles. The van der Waals surface area contributed by atoms with E-state index in [2.05, 4.69) is 27.7 Å². The van der Waals surface area contributed by atoms with Crippen molar-refractivity contribution in [2.75, 3.05) is 0 Å². The van der Waals surface area contributed by atoms with Crippen LogP contribution >= 0.6 is 0 Å². The van der Waals surface area contributed by atoms with E-state index in [1.54, 1.807) is 0 Å². The van der Waals surface area contributed by atoms with Crippen molar-refractivity contribution in [1.29, 1.82) is 0 Å². The summed E-state index contributed by atoms with van der Waals surface area (Å²) in [6, 6.07) is 0. The third-order valence-corrected chi connectivity index (χ3v) is 7.57. The number of carbonyl (C=O) groups excluding carboxylic acids is 1. The maximum absolute atomic E-state index is 14.5. The molecule has 0 rings (SSSR count). The first-order valence-electron chi connectivity index (χ1n) is 16.0. The Kier molecular flexibility index (Phi) is 24.2. The number of ether oxygens (including phenoxy) is 1. The van der Waals surface area contributed by atoms with E-state index in [-0.39, 0.29) is 12.5 Å². The van der Waals surface area contributed by atoms with Crippen molar-refractivity contribution in [3.63, 3.8) is 0 Å². The average Bonchev–Trinajstić information content (AvgIpc) is 2.85. The van der Waals surface area contributed by atoms with E-state index in [9.17, 15) is 13.6 Å². The lowest BCUT2D eigenvalue weighted by Crippen LogP contribution is -2.34. The van der Waals surface area contributed by atoms with Gasteiger partial charge in [-0.1, -0.05) is 143 Å². The Balaban J connectivity index is 4.07. The number of hydrogen-bond acceptors (Lipinski definition) is 2. The van der Waals surface area contributed by atoms with E-state index in [1.165, 1.54) is 57.8 Å². The van der Waals surface area contributed by atoms with Gasteiger partial charge < -0.3 is 4.74 Å². The molecule has 0 aromatic heterocycles. The SMILES string of the molecule is CCCCCCCCCC(C)CCCCCCC(F)(F)C(=O)OC(CCCCCC)CCCCCC. The summed E-state index contributed by atoms with van der Waals surface area (Å²) >= 11 is 0. The Hall–Kier alpha value is -0.670. The molecule has 0 fully saturated rings. The topological polar surface area (TPSA) is 26.3 Å². The fourth-order valence-corrected chi connectivity index (χ4v) is 4.99. The van der Waals surface area contributed by atoms with Crippen molar-refractivity contribution in [2.24, 2.45) is 5.92 Å². The van der Waals surface area contributed by atoms with Crippen LogP contribution in [0, 0.1) is 5.92 Å². The number of hydrogen-bond donors (Lipinski definition) is 0. The zero-order valence-electron chi connectivity index (χ0n) is 24.7. The molecule has 0 aliphatic heterocycles. The third-order valence-electron chi connectivity index (χ3n) is 7.57. The minimum absolute atomic E-state index is 0.352. The zero-order chi connectivity index (χ0) is 26.9. The molecular formula is C32H62F2O2. The van der Waals surface area contributed by atoms with Crippen molar-refractivity contribution < 1.29 is 18.3 Å². The summed E-state index contributed by atoms with van der Waals surface area (Å²) in [7, 11) is 0. The molecule has 1 unspecified atom stereocenters. The van der Waals surface area contributed by atoms with Crippen LogP contribution in [0.4, 0.5) is 8.78 Å². The second-order valence-corrected chi connectivity index (χ2v) is 11.4. The molecule has 0 bridgehead atoms. The first-order valence-corrected chi connectivity index (χ1v) is 16.0. The second kappa shape index (κ2) is 24.7. The van der Waals surface area contributed by atoms with Crippen LogP contribution in [-0.4, -0.2) is 18.0 Å². The maximum Gasteiger partial charge on any atom is 0.377 e. The predicted molar refractivity (Wildman–Crippen MR) is 152 cm³/mol. The lowest BCUT2D eigenvalue weighted by Gasteiger charge is -2.22. The molecule has 36 heavy (non-hydrogen) atoms. The summed E-state index contributed by atoms with van der Waals surface area (Å²) < 4.78 is 34.4. The Morgan fingerprint density at radius 2 is 0.944 bits per heavy atom. The van der Waals surface area contributed by atoms with E-state index in [1.807, 2.05) is 0 Å². The minimum atomic E-state index is -3.35. The highest BCUT2D eigenvalue weighted by molar-refractivity contribution is 5.77. The lowest BCUT2D eigenvalue weighted by atomic mass is 9.95. The van der Waals surface area contributed by atoms with Crippen LogP contribution < -0.4 is 0 Å². The molecule has 0 saturated heterocycles. The number of esters is 1. The summed E-state index contributed by atoms with van der Waals surface area (Å²) in [6.45, 7) is 8.88. The van der Waals surface area contributed by atoms with Crippen LogP contribution in [0.2, 0.25) is 0 Å². The van der Waals surface area contributed by atoms with Gasteiger partial charge >= 0.3 is 11.9 Å². The van der Waals surface area contributed by atoms with Crippen LogP contribution in [-0.2, 0) is 9.53 Å². The Morgan fingerprint density at radius 1 is 0.583 bits per heavy atom. The summed E-state index contributed by atoms with van der Waals surface area (Å²) in [5, 5.41) is 0. The normalized spacial score (nSPS) is 12.9. The summed E-state index contributed by atoms with van der Waals surface area (Å²) in [6.07, 6.45) is 24.5. The van der Waals surface area contributed by atoms with Crippen LogP contribution in [0.5, 0.6) is 0 Å². The van der Waals surface area contributed by atoms with Gasteiger partial charge in [-0.15, -0.1) is 0 Å².